The minimum Gasteiger partial charge on any atom is -0.444 e. The van der Waals surface area contributed by atoms with Crippen molar-refractivity contribution in [2.45, 2.75) is 51.7 Å². The highest BCUT2D eigenvalue weighted by molar-refractivity contribution is 5.93. The van der Waals surface area contributed by atoms with Crippen LogP contribution in [0.5, 0.6) is 0 Å². The summed E-state index contributed by atoms with van der Waals surface area (Å²) in [6, 6.07) is -0.191. The Kier molecular flexibility index (Phi) is 2.68. The van der Waals surface area contributed by atoms with Gasteiger partial charge in [-0.1, -0.05) is 0 Å². The number of carbonyl (C=O) groups excluding carboxylic acids is 2. The molecule has 4 heteroatoms. The molecule has 4 nitrogen and oxygen atoms in total. The maximum Gasteiger partial charge on any atom is 0.410 e. The van der Waals surface area contributed by atoms with Gasteiger partial charge in [-0.25, -0.2) is 4.79 Å². The van der Waals surface area contributed by atoms with E-state index >= 15 is 0 Å². The zero-order chi connectivity index (χ0) is 11.9. The molecule has 1 heterocycles. The quantitative estimate of drug-likeness (QED) is 0.633. The lowest BCUT2D eigenvalue weighted by molar-refractivity contribution is -0.139. The molecule has 2 fully saturated rings. The minimum atomic E-state index is -0.489. The van der Waals surface area contributed by atoms with Crippen LogP contribution in [0.2, 0.25) is 0 Å². The van der Waals surface area contributed by atoms with Gasteiger partial charge in [-0.15, -0.1) is 0 Å². The van der Waals surface area contributed by atoms with Crippen molar-refractivity contribution in [3.8, 4) is 0 Å². The summed E-state index contributed by atoms with van der Waals surface area (Å²) in [5, 5.41) is 0. The molecule has 0 N–H and O–H groups in total. The number of ketones is 1. The molecule has 0 aromatic heterocycles. The molecule has 0 bridgehead atoms. The Labute approximate surface area is 95.9 Å². The van der Waals surface area contributed by atoms with Gasteiger partial charge in [0.1, 0.15) is 5.60 Å². The smallest absolute Gasteiger partial charge is 0.410 e. The molecule has 1 aliphatic heterocycles. The van der Waals surface area contributed by atoms with Crippen molar-refractivity contribution < 1.29 is 14.3 Å². The van der Waals surface area contributed by atoms with Gasteiger partial charge in [0, 0.05) is 13.0 Å². The van der Waals surface area contributed by atoms with E-state index in [4.69, 9.17) is 4.74 Å². The second-order valence-corrected chi connectivity index (χ2v) is 5.69. The Bertz CT molecular complexity index is 319. The first kappa shape index (κ1) is 11.4. The fourth-order valence-electron chi connectivity index (χ4n) is 2.47. The zero-order valence-corrected chi connectivity index (χ0v) is 10.2. The van der Waals surface area contributed by atoms with Crippen molar-refractivity contribution in [3.05, 3.63) is 0 Å². The third-order valence-corrected chi connectivity index (χ3v) is 3.18. The zero-order valence-electron chi connectivity index (χ0n) is 10.2. The Balaban J connectivity index is 2.02. The van der Waals surface area contributed by atoms with E-state index in [0.29, 0.717) is 18.9 Å². The number of rotatable bonds is 0. The van der Waals surface area contributed by atoms with Crippen LogP contribution in [-0.4, -0.2) is 35.0 Å². The second-order valence-electron chi connectivity index (χ2n) is 5.69. The van der Waals surface area contributed by atoms with Crippen molar-refractivity contribution in [3.63, 3.8) is 0 Å². The molecular weight excluding hydrogens is 206 g/mol. The molecule has 2 atom stereocenters. The number of likely N-dealkylation sites (tertiary alicyclic amines) is 1. The molecule has 1 amide bonds. The van der Waals surface area contributed by atoms with Crippen molar-refractivity contribution >= 4 is 11.9 Å². The third kappa shape index (κ3) is 2.06. The van der Waals surface area contributed by atoms with E-state index in [2.05, 4.69) is 0 Å². The molecule has 0 spiro atoms. The summed E-state index contributed by atoms with van der Waals surface area (Å²) >= 11 is 0. The van der Waals surface area contributed by atoms with E-state index < -0.39 is 5.60 Å². The lowest BCUT2D eigenvalue weighted by atomic mass is 9.72. The summed E-state index contributed by atoms with van der Waals surface area (Å²) in [4.78, 5) is 25.0. The number of hydrogen-bond acceptors (Lipinski definition) is 3. The Morgan fingerprint density at radius 3 is 2.69 bits per heavy atom. The van der Waals surface area contributed by atoms with E-state index in [-0.39, 0.29) is 17.9 Å². The van der Waals surface area contributed by atoms with Gasteiger partial charge in [-0.05, 0) is 39.5 Å². The van der Waals surface area contributed by atoms with Crippen LogP contribution in [0, 0.1) is 5.92 Å². The molecule has 1 saturated carbocycles. The first-order valence-electron chi connectivity index (χ1n) is 5.91. The molecular formula is C12H19NO3. The lowest BCUT2D eigenvalue weighted by Crippen LogP contribution is -2.60. The highest BCUT2D eigenvalue weighted by atomic mass is 16.6. The van der Waals surface area contributed by atoms with E-state index in [0.717, 1.165) is 12.8 Å². The minimum absolute atomic E-state index is 0.190. The van der Waals surface area contributed by atoms with Crippen molar-refractivity contribution in [1.82, 2.24) is 4.90 Å². The number of fused-ring (bicyclic) bond motifs is 1. The largest absolute Gasteiger partial charge is 0.444 e. The van der Waals surface area contributed by atoms with Gasteiger partial charge >= 0.3 is 6.09 Å². The fourth-order valence-corrected chi connectivity index (χ4v) is 2.47. The van der Waals surface area contributed by atoms with Crippen LogP contribution >= 0.6 is 0 Å². The monoisotopic (exact) mass is 225 g/mol. The summed E-state index contributed by atoms with van der Waals surface area (Å²) in [5.41, 5.74) is -0.489. The van der Waals surface area contributed by atoms with Gasteiger partial charge in [0.15, 0.2) is 5.78 Å². The molecule has 2 aliphatic rings. The molecule has 16 heavy (non-hydrogen) atoms. The van der Waals surface area contributed by atoms with Gasteiger partial charge < -0.3 is 4.74 Å². The molecule has 1 saturated heterocycles. The maximum absolute atomic E-state index is 11.9. The molecule has 0 radical (unpaired) electrons. The van der Waals surface area contributed by atoms with Gasteiger partial charge in [0.05, 0.1) is 6.04 Å². The number of amides is 1. The van der Waals surface area contributed by atoms with Gasteiger partial charge in [0.25, 0.3) is 0 Å². The fraction of sp³-hybridized carbons (Fsp3) is 0.833. The van der Waals surface area contributed by atoms with Crippen LogP contribution < -0.4 is 0 Å². The summed E-state index contributed by atoms with van der Waals surface area (Å²) in [6.07, 6.45) is 2.35. The predicted molar refractivity (Wildman–Crippen MR) is 59.1 cm³/mol. The van der Waals surface area contributed by atoms with Crippen LogP contribution in [0.15, 0.2) is 0 Å². The maximum atomic E-state index is 11.9. The van der Waals surface area contributed by atoms with Crippen LogP contribution in [0.25, 0.3) is 0 Å². The molecule has 0 aromatic carbocycles. The SMILES string of the molecule is CC(C)(C)OC(=O)N1CCC[C@@H]2CC(=O)[C@@H]21. The van der Waals surface area contributed by atoms with Gasteiger partial charge in [0.2, 0.25) is 0 Å². The van der Waals surface area contributed by atoms with E-state index in [1.807, 2.05) is 20.8 Å². The van der Waals surface area contributed by atoms with Crippen LogP contribution in [0.1, 0.15) is 40.0 Å². The van der Waals surface area contributed by atoms with E-state index in [9.17, 15) is 9.59 Å². The summed E-state index contributed by atoms with van der Waals surface area (Å²) in [6.45, 7) is 6.18. The first-order valence-corrected chi connectivity index (χ1v) is 5.91. The number of nitrogens with zero attached hydrogens (tertiary/aromatic N) is 1. The van der Waals surface area contributed by atoms with Gasteiger partial charge in [-0.2, -0.15) is 0 Å². The molecule has 2 rings (SSSR count). The summed E-state index contributed by atoms with van der Waals surface area (Å²) < 4.78 is 5.31. The third-order valence-electron chi connectivity index (χ3n) is 3.18. The molecule has 0 unspecified atom stereocenters. The van der Waals surface area contributed by atoms with E-state index in [1.165, 1.54) is 0 Å². The normalized spacial score (nSPS) is 29.4. The number of ether oxygens (including phenoxy) is 1. The van der Waals surface area contributed by atoms with Crippen molar-refractivity contribution in [2.24, 2.45) is 5.92 Å². The van der Waals surface area contributed by atoms with Crippen LogP contribution in [0.4, 0.5) is 4.79 Å². The average molecular weight is 225 g/mol. The molecule has 1 aliphatic carbocycles. The van der Waals surface area contributed by atoms with Crippen molar-refractivity contribution in [2.75, 3.05) is 6.54 Å². The van der Waals surface area contributed by atoms with Crippen molar-refractivity contribution in [1.29, 1.82) is 0 Å². The standard InChI is InChI=1S/C12H19NO3/c1-12(2,3)16-11(15)13-6-4-5-8-7-9(14)10(8)13/h8,10H,4-7H2,1-3H3/t8-,10-/m1/s1. The summed E-state index contributed by atoms with van der Waals surface area (Å²) in [7, 11) is 0. The van der Waals surface area contributed by atoms with Crippen LogP contribution in [0.3, 0.4) is 0 Å². The Hall–Kier alpha value is -1.06. The average Bonchev–Trinajstić information content (AvgIpc) is 2.12. The topological polar surface area (TPSA) is 46.6 Å². The van der Waals surface area contributed by atoms with Crippen LogP contribution in [-0.2, 0) is 9.53 Å². The first-order chi connectivity index (χ1) is 7.38. The number of hydrogen-bond donors (Lipinski definition) is 0. The van der Waals surface area contributed by atoms with Gasteiger partial charge in [-0.3, -0.25) is 9.69 Å². The highest BCUT2D eigenvalue weighted by Crippen LogP contribution is 2.37. The predicted octanol–water partition coefficient (Wildman–Crippen LogP) is 1.97. The molecule has 90 valence electrons. The number of carbonyl (C=O) groups is 2. The number of piperidine rings is 1. The summed E-state index contributed by atoms with van der Waals surface area (Å²) in [5.74, 6) is 0.573. The Morgan fingerprint density at radius 2 is 2.12 bits per heavy atom. The van der Waals surface area contributed by atoms with E-state index in [1.54, 1.807) is 4.90 Å². The number of Topliss-reactive ketones (excluding diaryl/α,β-unsaturated/α-hetero) is 1. The second kappa shape index (κ2) is 3.75. The Morgan fingerprint density at radius 1 is 1.44 bits per heavy atom. The highest BCUT2D eigenvalue weighted by Gasteiger charge is 2.48. The lowest BCUT2D eigenvalue weighted by Gasteiger charge is -2.46. The molecule has 0 aromatic rings.